The molecule has 3 aromatic heterocycles. The molecule has 0 saturated carbocycles. The number of benzene rings is 1. The lowest BCUT2D eigenvalue weighted by molar-refractivity contribution is 0.319. The van der Waals surface area contributed by atoms with Crippen LogP contribution in [0.1, 0.15) is 18.2 Å². The van der Waals surface area contributed by atoms with Crippen molar-refractivity contribution in [3.05, 3.63) is 59.7 Å². The molecule has 0 fully saturated rings. The monoisotopic (exact) mass is 336 g/mol. The molecule has 0 spiro atoms. The van der Waals surface area contributed by atoms with Crippen molar-refractivity contribution in [1.29, 1.82) is 0 Å². The number of hydrogen-bond donors (Lipinski definition) is 1. The first-order valence-corrected chi connectivity index (χ1v) is 7.58. The molecule has 0 aliphatic heterocycles. The average molecular weight is 336 g/mol. The SMILES string of the molecule is CC(=NO)c1ccc2nnn(Cc3cc4cccnc4cc3F)c2n1. The molecule has 7 nitrogen and oxygen atoms in total. The minimum atomic E-state index is -0.362. The maximum atomic E-state index is 14.4. The molecule has 1 aromatic carbocycles. The number of pyridine rings is 2. The van der Waals surface area contributed by atoms with E-state index in [1.165, 1.54) is 10.7 Å². The molecule has 0 amide bonds. The number of oxime groups is 1. The molecule has 8 heteroatoms. The molecule has 0 aliphatic carbocycles. The molecule has 0 unspecified atom stereocenters. The van der Waals surface area contributed by atoms with Crippen molar-refractivity contribution in [2.75, 3.05) is 0 Å². The molecule has 124 valence electrons. The Balaban J connectivity index is 1.79. The Morgan fingerprint density at radius 3 is 2.96 bits per heavy atom. The lowest BCUT2D eigenvalue weighted by Crippen LogP contribution is -2.07. The zero-order chi connectivity index (χ0) is 17.4. The second kappa shape index (κ2) is 5.90. The number of fused-ring (bicyclic) bond motifs is 2. The summed E-state index contributed by atoms with van der Waals surface area (Å²) in [4.78, 5) is 8.55. The highest BCUT2D eigenvalue weighted by atomic mass is 19.1. The van der Waals surface area contributed by atoms with Gasteiger partial charge >= 0.3 is 0 Å². The van der Waals surface area contributed by atoms with E-state index < -0.39 is 0 Å². The fourth-order valence-corrected chi connectivity index (χ4v) is 2.64. The summed E-state index contributed by atoms with van der Waals surface area (Å²) in [5, 5.41) is 21.0. The van der Waals surface area contributed by atoms with Crippen molar-refractivity contribution < 1.29 is 9.60 Å². The van der Waals surface area contributed by atoms with Crippen molar-refractivity contribution in [3.8, 4) is 0 Å². The largest absolute Gasteiger partial charge is 0.411 e. The Kier molecular flexibility index (Phi) is 3.57. The van der Waals surface area contributed by atoms with E-state index in [1.54, 1.807) is 37.4 Å². The van der Waals surface area contributed by atoms with Gasteiger partial charge in [0.25, 0.3) is 0 Å². The Hall–Kier alpha value is -3.42. The van der Waals surface area contributed by atoms with Gasteiger partial charge in [-0.25, -0.2) is 14.1 Å². The van der Waals surface area contributed by atoms with Crippen LogP contribution in [-0.4, -0.2) is 35.9 Å². The van der Waals surface area contributed by atoms with Crippen LogP contribution in [0, 0.1) is 5.82 Å². The first-order chi connectivity index (χ1) is 12.2. The average Bonchev–Trinajstić information content (AvgIpc) is 3.04. The highest BCUT2D eigenvalue weighted by molar-refractivity contribution is 5.97. The third-order valence-electron chi connectivity index (χ3n) is 3.97. The molecular formula is C17H13FN6O. The minimum Gasteiger partial charge on any atom is -0.411 e. The predicted molar refractivity (Wildman–Crippen MR) is 90.1 cm³/mol. The number of halogens is 1. The summed E-state index contributed by atoms with van der Waals surface area (Å²) in [6.45, 7) is 1.82. The van der Waals surface area contributed by atoms with E-state index in [9.17, 15) is 4.39 Å². The van der Waals surface area contributed by atoms with Gasteiger partial charge < -0.3 is 5.21 Å². The van der Waals surface area contributed by atoms with Crippen molar-refractivity contribution in [2.24, 2.45) is 5.16 Å². The highest BCUT2D eigenvalue weighted by Crippen LogP contribution is 2.19. The zero-order valence-electron chi connectivity index (χ0n) is 13.3. The predicted octanol–water partition coefficient (Wildman–Crippen LogP) is 2.76. The van der Waals surface area contributed by atoms with Crippen LogP contribution in [0.4, 0.5) is 4.39 Å². The van der Waals surface area contributed by atoms with E-state index in [0.717, 1.165) is 5.39 Å². The van der Waals surface area contributed by atoms with Gasteiger partial charge in [0, 0.05) is 23.2 Å². The van der Waals surface area contributed by atoms with Gasteiger partial charge in [-0.1, -0.05) is 16.4 Å². The molecule has 0 radical (unpaired) electrons. The quantitative estimate of drug-likeness (QED) is 0.353. The maximum Gasteiger partial charge on any atom is 0.179 e. The van der Waals surface area contributed by atoms with Crippen LogP contribution in [-0.2, 0) is 6.54 Å². The topological polar surface area (TPSA) is 89.1 Å². The maximum absolute atomic E-state index is 14.4. The third-order valence-corrected chi connectivity index (χ3v) is 3.97. The van der Waals surface area contributed by atoms with E-state index in [-0.39, 0.29) is 12.4 Å². The van der Waals surface area contributed by atoms with Gasteiger partial charge in [0.2, 0.25) is 0 Å². The molecule has 0 saturated heterocycles. The number of aromatic nitrogens is 5. The third kappa shape index (κ3) is 2.67. The summed E-state index contributed by atoms with van der Waals surface area (Å²) < 4.78 is 15.9. The van der Waals surface area contributed by atoms with Gasteiger partial charge in [-0.05, 0) is 31.2 Å². The van der Waals surface area contributed by atoms with Crippen LogP contribution in [0.15, 0.2) is 47.8 Å². The van der Waals surface area contributed by atoms with Crippen LogP contribution in [0.3, 0.4) is 0 Å². The van der Waals surface area contributed by atoms with Gasteiger partial charge in [0.05, 0.1) is 17.8 Å². The fourth-order valence-electron chi connectivity index (χ4n) is 2.64. The van der Waals surface area contributed by atoms with Crippen molar-refractivity contribution >= 4 is 27.8 Å². The van der Waals surface area contributed by atoms with E-state index >= 15 is 0 Å². The molecule has 0 bridgehead atoms. The smallest absolute Gasteiger partial charge is 0.179 e. The number of rotatable bonds is 3. The summed E-state index contributed by atoms with van der Waals surface area (Å²) in [6, 6.07) is 10.3. The summed E-state index contributed by atoms with van der Waals surface area (Å²) in [7, 11) is 0. The molecule has 1 N–H and O–H groups in total. The second-order valence-corrected chi connectivity index (χ2v) is 5.61. The Bertz CT molecular complexity index is 1120. The summed E-state index contributed by atoms with van der Waals surface area (Å²) in [5.41, 5.74) is 3.01. The van der Waals surface area contributed by atoms with Crippen LogP contribution in [0.2, 0.25) is 0 Å². The van der Waals surface area contributed by atoms with Crippen LogP contribution < -0.4 is 0 Å². The van der Waals surface area contributed by atoms with E-state index in [2.05, 4.69) is 25.4 Å². The normalized spacial score (nSPS) is 12.2. The standard InChI is InChI=1S/C17H13FN6O/c1-10(22-25)14-4-5-15-17(20-14)24(23-21-15)9-12-7-11-3-2-6-19-16(11)8-13(12)18/h2-8,25H,9H2,1H3. The van der Waals surface area contributed by atoms with Gasteiger partial charge in [-0.3, -0.25) is 4.98 Å². The van der Waals surface area contributed by atoms with Crippen LogP contribution >= 0.6 is 0 Å². The molecule has 4 rings (SSSR count). The first-order valence-electron chi connectivity index (χ1n) is 7.58. The second-order valence-electron chi connectivity index (χ2n) is 5.61. The Labute approximate surface area is 141 Å². The summed E-state index contributed by atoms with van der Waals surface area (Å²) in [5.74, 6) is -0.362. The summed E-state index contributed by atoms with van der Waals surface area (Å²) >= 11 is 0. The minimum absolute atomic E-state index is 0.180. The van der Waals surface area contributed by atoms with Gasteiger partial charge in [-0.15, -0.1) is 5.10 Å². The lowest BCUT2D eigenvalue weighted by atomic mass is 10.1. The Morgan fingerprint density at radius 1 is 1.24 bits per heavy atom. The fraction of sp³-hybridized carbons (Fsp3) is 0.118. The first kappa shape index (κ1) is 15.1. The van der Waals surface area contributed by atoms with E-state index in [4.69, 9.17) is 5.21 Å². The van der Waals surface area contributed by atoms with E-state index in [1.807, 2.05) is 6.07 Å². The van der Waals surface area contributed by atoms with Crippen molar-refractivity contribution in [2.45, 2.75) is 13.5 Å². The van der Waals surface area contributed by atoms with Crippen LogP contribution in [0.5, 0.6) is 0 Å². The van der Waals surface area contributed by atoms with Gasteiger partial charge in [0.15, 0.2) is 5.65 Å². The number of hydrogen-bond acceptors (Lipinski definition) is 6. The molecular weight excluding hydrogens is 323 g/mol. The zero-order valence-corrected chi connectivity index (χ0v) is 13.3. The van der Waals surface area contributed by atoms with Crippen LogP contribution in [0.25, 0.3) is 22.1 Å². The molecule has 0 atom stereocenters. The Morgan fingerprint density at radius 2 is 2.12 bits per heavy atom. The molecule has 3 heterocycles. The summed E-state index contributed by atoms with van der Waals surface area (Å²) in [6.07, 6.45) is 1.63. The molecule has 0 aliphatic rings. The van der Waals surface area contributed by atoms with Gasteiger partial charge in [0.1, 0.15) is 17.0 Å². The molecule has 4 aromatic rings. The van der Waals surface area contributed by atoms with Crippen molar-refractivity contribution in [3.63, 3.8) is 0 Å². The van der Waals surface area contributed by atoms with E-state index in [0.29, 0.717) is 33.6 Å². The van der Waals surface area contributed by atoms with Crippen molar-refractivity contribution in [1.82, 2.24) is 25.0 Å². The van der Waals surface area contributed by atoms with Gasteiger partial charge in [-0.2, -0.15) is 0 Å². The number of nitrogens with zero attached hydrogens (tertiary/aromatic N) is 6. The lowest BCUT2D eigenvalue weighted by Gasteiger charge is -2.06. The highest BCUT2D eigenvalue weighted by Gasteiger charge is 2.12. The molecule has 25 heavy (non-hydrogen) atoms.